The minimum Gasteiger partial charge on any atom is -0.391 e. The summed E-state index contributed by atoms with van der Waals surface area (Å²) in [5, 5.41) is 3.95. The van der Waals surface area contributed by atoms with E-state index in [0.29, 0.717) is 12.5 Å². The van der Waals surface area contributed by atoms with Crippen LogP contribution in [0.25, 0.3) is 0 Å². The Bertz CT molecular complexity index is 421. The molecular formula is C13H14BrNO2. The van der Waals surface area contributed by atoms with Gasteiger partial charge in [-0.25, -0.2) is 0 Å². The Morgan fingerprint density at radius 2 is 2.12 bits per heavy atom. The van der Waals surface area contributed by atoms with Gasteiger partial charge in [-0.1, -0.05) is 35.5 Å². The molecule has 1 aliphatic carbocycles. The van der Waals surface area contributed by atoms with Crippen molar-refractivity contribution in [2.45, 2.75) is 31.7 Å². The molecule has 0 spiro atoms. The third-order valence-electron chi connectivity index (χ3n) is 3.37. The van der Waals surface area contributed by atoms with Crippen LogP contribution in [0.1, 0.15) is 18.4 Å². The summed E-state index contributed by atoms with van der Waals surface area (Å²) in [7, 11) is 0. The number of hydrogen-bond donors (Lipinski definition) is 0. The topological polar surface area (TPSA) is 30.8 Å². The molecule has 3 atom stereocenters. The average molecular weight is 296 g/mol. The maximum absolute atomic E-state index is 5.92. The van der Waals surface area contributed by atoms with Gasteiger partial charge in [0.1, 0.15) is 10.7 Å². The van der Waals surface area contributed by atoms with Gasteiger partial charge in [-0.05, 0) is 27.9 Å². The lowest BCUT2D eigenvalue weighted by Crippen LogP contribution is -2.12. The fourth-order valence-corrected chi connectivity index (χ4v) is 3.00. The molecule has 3 nitrogen and oxygen atoms in total. The molecule has 17 heavy (non-hydrogen) atoms. The molecule has 0 aromatic heterocycles. The molecular weight excluding hydrogens is 282 g/mol. The molecule has 0 saturated heterocycles. The van der Waals surface area contributed by atoms with Crippen molar-refractivity contribution >= 4 is 20.6 Å². The van der Waals surface area contributed by atoms with Gasteiger partial charge in [0.05, 0.1) is 18.6 Å². The van der Waals surface area contributed by atoms with Gasteiger partial charge in [0.25, 0.3) is 0 Å². The van der Waals surface area contributed by atoms with Gasteiger partial charge in [0.15, 0.2) is 0 Å². The van der Waals surface area contributed by atoms with Gasteiger partial charge in [-0.3, -0.25) is 0 Å². The summed E-state index contributed by atoms with van der Waals surface area (Å²) in [5.41, 5.74) is 1.22. The van der Waals surface area contributed by atoms with Crippen LogP contribution in [0.3, 0.4) is 0 Å². The summed E-state index contributed by atoms with van der Waals surface area (Å²) in [5.74, 6) is 0.399. The van der Waals surface area contributed by atoms with Crippen molar-refractivity contribution in [3.63, 3.8) is 0 Å². The zero-order chi connectivity index (χ0) is 11.7. The molecule has 0 radical (unpaired) electrons. The molecule has 2 aliphatic rings. The maximum Gasteiger partial charge on any atom is 0.139 e. The van der Waals surface area contributed by atoms with Crippen LogP contribution in [-0.4, -0.2) is 16.8 Å². The van der Waals surface area contributed by atoms with Crippen LogP contribution in [0.2, 0.25) is 0 Å². The Kier molecular flexibility index (Phi) is 3.16. The fourth-order valence-electron chi connectivity index (χ4n) is 2.43. The van der Waals surface area contributed by atoms with E-state index in [1.54, 1.807) is 0 Å². The second-order valence-corrected chi connectivity index (χ2v) is 5.37. The van der Waals surface area contributed by atoms with Crippen LogP contribution in [0.15, 0.2) is 35.5 Å². The number of hydrogen-bond acceptors (Lipinski definition) is 3. The third-order valence-corrected chi connectivity index (χ3v) is 4.10. The average Bonchev–Trinajstić information content (AvgIpc) is 2.91. The molecule has 1 heterocycles. The Labute approximate surface area is 109 Å². The minimum absolute atomic E-state index is 0.213. The summed E-state index contributed by atoms with van der Waals surface area (Å²) in [6, 6.07) is 10.3. The lowest BCUT2D eigenvalue weighted by Gasteiger charge is -2.11. The van der Waals surface area contributed by atoms with Crippen molar-refractivity contribution in [2.24, 2.45) is 11.1 Å². The highest BCUT2D eigenvalue weighted by Crippen LogP contribution is 2.37. The first kappa shape index (κ1) is 11.2. The van der Waals surface area contributed by atoms with Gasteiger partial charge in [-0.15, -0.1) is 0 Å². The zero-order valence-electron chi connectivity index (χ0n) is 9.38. The van der Waals surface area contributed by atoms with Crippen LogP contribution in [0.5, 0.6) is 0 Å². The van der Waals surface area contributed by atoms with Crippen LogP contribution in [-0.2, 0) is 16.2 Å². The molecule has 3 rings (SSSR count). The Hall–Kier alpha value is -0.870. The standard InChI is InChI=1S/C13H14BrNO2/c14-13-11-6-10(7-12(11)17-15-13)16-8-9-4-2-1-3-5-9/h1-5,10-12H,6-8H2/t10-,11-,12+/m1/s1. The smallest absolute Gasteiger partial charge is 0.139 e. The van der Waals surface area contributed by atoms with E-state index in [4.69, 9.17) is 9.57 Å². The second kappa shape index (κ2) is 4.78. The molecule has 4 heteroatoms. The first-order valence-corrected chi connectivity index (χ1v) is 6.67. The van der Waals surface area contributed by atoms with Crippen LogP contribution >= 0.6 is 15.9 Å². The second-order valence-electron chi connectivity index (χ2n) is 4.55. The number of ether oxygens (including phenoxy) is 1. The summed E-state index contributed by atoms with van der Waals surface area (Å²) in [6.07, 6.45) is 2.44. The molecule has 0 N–H and O–H groups in total. The lowest BCUT2D eigenvalue weighted by atomic mass is 10.1. The minimum atomic E-state index is 0.213. The summed E-state index contributed by atoms with van der Waals surface area (Å²) < 4.78 is 6.86. The van der Waals surface area contributed by atoms with Crippen molar-refractivity contribution < 1.29 is 9.57 Å². The molecule has 1 saturated carbocycles. The quantitative estimate of drug-likeness (QED) is 0.858. The molecule has 1 aliphatic heterocycles. The fraction of sp³-hybridized carbons (Fsp3) is 0.462. The van der Waals surface area contributed by atoms with E-state index in [1.807, 2.05) is 18.2 Å². The van der Waals surface area contributed by atoms with Crippen molar-refractivity contribution in [1.82, 2.24) is 0 Å². The van der Waals surface area contributed by atoms with E-state index >= 15 is 0 Å². The van der Waals surface area contributed by atoms with Gasteiger partial charge in [0.2, 0.25) is 0 Å². The van der Waals surface area contributed by atoms with E-state index < -0.39 is 0 Å². The number of oxime groups is 1. The summed E-state index contributed by atoms with van der Waals surface area (Å²) in [4.78, 5) is 5.33. The van der Waals surface area contributed by atoms with Crippen LogP contribution in [0, 0.1) is 5.92 Å². The van der Waals surface area contributed by atoms with E-state index in [0.717, 1.165) is 17.5 Å². The first-order valence-electron chi connectivity index (χ1n) is 5.87. The van der Waals surface area contributed by atoms with E-state index in [-0.39, 0.29) is 12.2 Å². The Balaban J connectivity index is 1.53. The van der Waals surface area contributed by atoms with Crippen LogP contribution < -0.4 is 0 Å². The maximum atomic E-state index is 5.92. The molecule has 0 bridgehead atoms. The third kappa shape index (κ3) is 2.38. The van der Waals surface area contributed by atoms with Crippen molar-refractivity contribution in [2.75, 3.05) is 0 Å². The molecule has 0 unspecified atom stereocenters. The zero-order valence-corrected chi connectivity index (χ0v) is 11.0. The number of nitrogens with zero attached hydrogens (tertiary/aromatic N) is 1. The highest BCUT2D eigenvalue weighted by molar-refractivity contribution is 9.18. The van der Waals surface area contributed by atoms with E-state index in [2.05, 4.69) is 33.2 Å². The molecule has 1 fully saturated rings. The number of rotatable bonds is 3. The van der Waals surface area contributed by atoms with Crippen molar-refractivity contribution in [3.05, 3.63) is 35.9 Å². The summed E-state index contributed by atoms with van der Waals surface area (Å²) in [6.45, 7) is 0.680. The molecule has 1 aromatic carbocycles. The number of halogens is 1. The number of fused-ring (bicyclic) bond motifs is 1. The summed E-state index contributed by atoms with van der Waals surface area (Å²) >= 11 is 3.44. The largest absolute Gasteiger partial charge is 0.391 e. The van der Waals surface area contributed by atoms with Gasteiger partial charge < -0.3 is 9.57 Å². The van der Waals surface area contributed by atoms with E-state index in [9.17, 15) is 0 Å². The highest BCUT2D eigenvalue weighted by Gasteiger charge is 2.42. The first-order chi connectivity index (χ1) is 8.33. The van der Waals surface area contributed by atoms with Gasteiger partial charge in [-0.2, -0.15) is 0 Å². The molecule has 0 amide bonds. The SMILES string of the molecule is BrC1=NO[C@H]2C[C@H](OCc3ccccc3)C[C@@H]12. The van der Waals surface area contributed by atoms with Gasteiger partial charge >= 0.3 is 0 Å². The predicted octanol–water partition coefficient (Wildman–Crippen LogP) is 3.09. The molecule has 1 aromatic rings. The number of benzene rings is 1. The molecule has 90 valence electrons. The van der Waals surface area contributed by atoms with E-state index in [1.165, 1.54) is 5.56 Å². The highest BCUT2D eigenvalue weighted by atomic mass is 79.9. The van der Waals surface area contributed by atoms with Crippen molar-refractivity contribution in [3.8, 4) is 0 Å². The monoisotopic (exact) mass is 295 g/mol. The Morgan fingerprint density at radius 3 is 2.88 bits per heavy atom. The van der Waals surface area contributed by atoms with Crippen molar-refractivity contribution in [1.29, 1.82) is 0 Å². The van der Waals surface area contributed by atoms with Gasteiger partial charge in [0, 0.05) is 6.42 Å². The predicted molar refractivity (Wildman–Crippen MR) is 69.0 cm³/mol. The Morgan fingerprint density at radius 1 is 1.29 bits per heavy atom. The lowest BCUT2D eigenvalue weighted by molar-refractivity contribution is 0.0202. The normalized spacial score (nSPS) is 30.9. The van der Waals surface area contributed by atoms with Crippen LogP contribution in [0.4, 0.5) is 0 Å².